The number of hydrogen-bond donors (Lipinski definition) is 0. The van der Waals surface area contributed by atoms with Crippen LogP contribution in [-0.4, -0.2) is 25.8 Å². The minimum Gasteiger partial charge on any atom is -0.258 e. The molecule has 0 atom stereocenters. The highest BCUT2D eigenvalue weighted by molar-refractivity contribution is 6.17. The van der Waals surface area contributed by atoms with Gasteiger partial charge in [-0.3, -0.25) is 10.1 Å². The predicted molar refractivity (Wildman–Crippen MR) is 67.1 cm³/mol. The van der Waals surface area contributed by atoms with Crippen molar-refractivity contribution < 1.29 is 4.92 Å². The second-order valence-electron chi connectivity index (χ2n) is 3.72. The molecule has 0 aliphatic carbocycles. The first-order valence-corrected chi connectivity index (χ1v) is 5.96. The number of nitrogens with zero attached hydrogens (tertiary/aromatic N) is 4. The van der Waals surface area contributed by atoms with E-state index in [9.17, 15) is 10.1 Å². The standard InChI is InChI=1S/C11H11ClN4O2/c12-6-2-3-9-8-15(14-13-9)10-4-1-5-11(7-10)16(17)18/h1,4-5,7-8H,2-3,6H2. The van der Waals surface area contributed by atoms with Gasteiger partial charge in [-0.15, -0.1) is 16.7 Å². The summed E-state index contributed by atoms with van der Waals surface area (Å²) < 4.78 is 1.52. The lowest BCUT2D eigenvalue weighted by molar-refractivity contribution is -0.384. The van der Waals surface area contributed by atoms with E-state index in [1.165, 1.54) is 16.8 Å². The molecule has 1 aromatic heterocycles. The van der Waals surface area contributed by atoms with Crippen molar-refractivity contribution in [2.24, 2.45) is 0 Å². The summed E-state index contributed by atoms with van der Waals surface area (Å²) in [6.45, 7) is 0. The fraction of sp³-hybridized carbons (Fsp3) is 0.273. The molecule has 2 aromatic rings. The number of rotatable bonds is 5. The topological polar surface area (TPSA) is 73.8 Å². The molecule has 0 N–H and O–H groups in total. The maximum Gasteiger partial charge on any atom is 0.271 e. The van der Waals surface area contributed by atoms with Crippen molar-refractivity contribution >= 4 is 17.3 Å². The molecule has 18 heavy (non-hydrogen) atoms. The molecular formula is C11H11ClN4O2. The van der Waals surface area contributed by atoms with E-state index in [1.807, 2.05) is 0 Å². The van der Waals surface area contributed by atoms with Crippen LogP contribution in [0.5, 0.6) is 0 Å². The summed E-state index contributed by atoms with van der Waals surface area (Å²) in [5.74, 6) is 0.573. The van der Waals surface area contributed by atoms with Gasteiger partial charge in [0, 0.05) is 18.0 Å². The van der Waals surface area contributed by atoms with Crippen LogP contribution < -0.4 is 0 Å². The van der Waals surface area contributed by atoms with Crippen LogP contribution >= 0.6 is 11.6 Å². The Morgan fingerprint density at radius 1 is 1.44 bits per heavy atom. The second kappa shape index (κ2) is 5.59. The maximum atomic E-state index is 10.7. The maximum absolute atomic E-state index is 10.7. The van der Waals surface area contributed by atoms with Gasteiger partial charge >= 0.3 is 0 Å². The van der Waals surface area contributed by atoms with Crippen molar-refractivity contribution in [2.75, 3.05) is 5.88 Å². The van der Waals surface area contributed by atoms with Gasteiger partial charge in [0.05, 0.1) is 22.5 Å². The fourth-order valence-electron chi connectivity index (χ4n) is 1.54. The van der Waals surface area contributed by atoms with Crippen LogP contribution in [0.1, 0.15) is 12.1 Å². The zero-order valence-electron chi connectivity index (χ0n) is 9.49. The van der Waals surface area contributed by atoms with Crippen molar-refractivity contribution in [3.63, 3.8) is 0 Å². The van der Waals surface area contributed by atoms with Crippen molar-refractivity contribution in [1.82, 2.24) is 15.0 Å². The van der Waals surface area contributed by atoms with Gasteiger partial charge in [-0.25, -0.2) is 4.68 Å². The Morgan fingerprint density at radius 2 is 2.28 bits per heavy atom. The Kier molecular flexibility index (Phi) is 3.88. The molecule has 0 aliphatic heterocycles. The van der Waals surface area contributed by atoms with Crippen molar-refractivity contribution in [3.05, 3.63) is 46.3 Å². The number of aromatic nitrogens is 3. The van der Waals surface area contributed by atoms with Gasteiger partial charge in [-0.1, -0.05) is 11.3 Å². The first-order valence-electron chi connectivity index (χ1n) is 5.43. The molecule has 0 bridgehead atoms. The molecule has 2 rings (SSSR count). The van der Waals surface area contributed by atoms with Gasteiger partial charge in [0.25, 0.3) is 5.69 Å². The molecule has 7 heteroatoms. The number of aryl methyl sites for hydroxylation is 1. The molecule has 0 spiro atoms. The largest absolute Gasteiger partial charge is 0.271 e. The van der Waals surface area contributed by atoms with Crippen LogP contribution in [0.25, 0.3) is 5.69 Å². The summed E-state index contributed by atoms with van der Waals surface area (Å²) in [5, 5.41) is 18.6. The Morgan fingerprint density at radius 3 is 3.00 bits per heavy atom. The van der Waals surface area contributed by atoms with Crippen LogP contribution in [0, 0.1) is 10.1 Å². The van der Waals surface area contributed by atoms with Crippen LogP contribution in [-0.2, 0) is 6.42 Å². The molecule has 0 saturated carbocycles. The van der Waals surface area contributed by atoms with Gasteiger partial charge < -0.3 is 0 Å². The van der Waals surface area contributed by atoms with E-state index in [1.54, 1.807) is 18.3 Å². The van der Waals surface area contributed by atoms with Crippen molar-refractivity contribution in [3.8, 4) is 5.69 Å². The first-order chi connectivity index (χ1) is 8.70. The third kappa shape index (κ3) is 2.84. The Balaban J connectivity index is 2.23. The average Bonchev–Trinajstić information content (AvgIpc) is 2.85. The first kappa shape index (κ1) is 12.5. The molecule has 6 nitrogen and oxygen atoms in total. The molecule has 0 radical (unpaired) electrons. The number of halogens is 1. The van der Waals surface area contributed by atoms with E-state index >= 15 is 0 Å². The Hall–Kier alpha value is -1.95. The highest BCUT2D eigenvalue weighted by atomic mass is 35.5. The highest BCUT2D eigenvalue weighted by Crippen LogP contribution is 2.16. The van der Waals surface area contributed by atoms with Crippen molar-refractivity contribution in [1.29, 1.82) is 0 Å². The zero-order valence-corrected chi connectivity index (χ0v) is 10.2. The van der Waals surface area contributed by atoms with Crippen LogP contribution in [0.15, 0.2) is 30.5 Å². The fourth-order valence-corrected chi connectivity index (χ4v) is 1.67. The predicted octanol–water partition coefficient (Wildman–Crippen LogP) is 2.35. The van der Waals surface area contributed by atoms with Gasteiger partial charge in [-0.2, -0.15) is 0 Å². The summed E-state index contributed by atoms with van der Waals surface area (Å²) in [5.41, 5.74) is 1.47. The van der Waals surface area contributed by atoms with Gasteiger partial charge in [0.15, 0.2) is 0 Å². The number of non-ortho nitro benzene ring substituents is 1. The summed E-state index contributed by atoms with van der Waals surface area (Å²) >= 11 is 5.60. The number of benzene rings is 1. The smallest absolute Gasteiger partial charge is 0.258 e. The number of alkyl halides is 1. The molecule has 0 saturated heterocycles. The van der Waals surface area contributed by atoms with E-state index in [0.717, 1.165) is 18.5 Å². The zero-order chi connectivity index (χ0) is 13.0. The summed E-state index contributed by atoms with van der Waals surface area (Å²) in [6.07, 6.45) is 3.33. The van der Waals surface area contributed by atoms with Crippen LogP contribution in [0.3, 0.4) is 0 Å². The molecular weight excluding hydrogens is 256 g/mol. The minimum atomic E-state index is -0.436. The van der Waals surface area contributed by atoms with Gasteiger partial charge in [-0.05, 0) is 18.9 Å². The Bertz CT molecular complexity index is 555. The Labute approximate surface area is 108 Å². The molecule has 0 fully saturated rings. The van der Waals surface area contributed by atoms with Crippen LogP contribution in [0.2, 0.25) is 0 Å². The third-order valence-electron chi connectivity index (χ3n) is 2.41. The van der Waals surface area contributed by atoms with Gasteiger partial charge in [0.2, 0.25) is 0 Å². The van der Waals surface area contributed by atoms with E-state index < -0.39 is 4.92 Å². The molecule has 94 valence electrons. The lowest BCUT2D eigenvalue weighted by atomic mass is 10.2. The average molecular weight is 267 g/mol. The molecule has 0 aliphatic rings. The van der Waals surface area contributed by atoms with E-state index in [-0.39, 0.29) is 5.69 Å². The third-order valence-corrected chi connectivity index (χ3v) is 2.68. The normalized spacial score (nSPS) is 10.5. The van der Waals surface area contributed by atoms with E-state index in [4.69, 9.17) is 11.6 Å². The SMILES string of the molecule is O=[N+]([O-])c1cccc(-n2cc(CCCCl)nn2)c1. The lowest BCUT2D eigenvalue weighted by Crippen LogP contribution is -1.96. The second-order valence-corrected chi connectivity index (χ2v) is 4.10. The summed E-state index contributed by atoms with van der Waals surface area (Å²) in [7, 11) is 0. The lowest BCUT2D eigenvalue weighted by Gasteiger charge is -1.98. The molecule has 1 aromatic carbocycles. The highest BCUT2D eigenvalue weighted by Gasteiger charge is 2.08. The molecule has 0 amide bonds. The van der Waals surface area contributed by atoms with Gasteiger partial charge in [0.1, 0.15) is 0 Å². The molecule has 1 heterocycles. The van der Waals surface area contributed by atoms with Crippen molar-refractivity contribution in [2.45, 2.75) is 12.8 Å². The minimum absolute atomic E-state index is 0.0327. The number of hydrogen-bond acceptors (Lipinski definition) is 4. The monoisotopic (exact) mass is 266 g/mol. The number of nitro benzene ring substituents is 1. The summed E-state index contributed by atoms with van der Waals surface area (Å²) in [6, 6.07) is 6.26. The molecule has 0 unspecified atom stereocenters. The number of nitro groups is 1. The summed E-state index contributed by atoms with van der Waals surface area (Å²) in [4.78, 5) is 10.2. The van der Waals surface area contributed by atoms with Crippen LogP contribution in [0.4, 0.5) is 5.69 Å². The van der Waals surface area contributed by atoms with E-state index in [0.29, 0.717) is 11.6 Å². The quantitative estimate of drug-likeness (QED) is 0.473. The van der Waals surface area contributed by atoms with E-state index in [2.05, 4.69) is 10.3 Å².